The van der Waals surface area contributed by atoms with Crippen molar-refractivity contribution in [2.75, 3.05) is 7.05 Å². The molecule has 0 fully saturated rings. The highest BCUT2D eigenvalue weighted by atomic mass is 32.1. The Bertz CT molecular complexity index is 527. The SMILES string of the molecule is Cc1noc(C)c1CN(C)Cc1snnc1C(C)C. The quantitative estimate of drug-likeness (QED) is 0.843. The normalized spacial score (nSPS) is 11.7. The monoisotopic (exact) mass is 280 g/mol. The predicted octanol–water partition coefficient (Wildman–Crippen LogP) is 2.90. The maximum Gasteiger partial charge on any atom is 0.138 e. The van der Waals surface area contributed by atoms with Gasteiger partial charge in [-0.05, 0) is 38.3 Å². The van der Waals surface area contributed by atoms with Crippen LogP contribution in [0.1, 0.15) is 47.4 Å². The number of rotatable bonds is 5. The van der Waals surface area contributed by atoms with E-state index >= 15 is 0 Å². The van der Waals surface area contributed by atoms with E-state index < -0.39 is 0 Å². The minimum absolute atomic E-state index is 0.418. The Labute approximate surface area is 117 Å². The Hall–Kier alpha value is -1.27. The highest BCUT2D eigenvalue weighted by molar-refractivity contribution is 7.05. The second-order valence-corrected chi connectivity index (χ2v) is 6.05. The van der Waals surface area contributed by atoms with Crippen molar-refractivity contribution in [3.63, 3.8) is 0 Å². The molecule has 104 valence electrons. The summed E-state index contributed by atoms with van der Waals surface area (Å²) in [6.45, 7) is 9.92. The van der Waals surface area contributed by atoms with Crippen LogP contribution in [0.2, 0.25) is 0 Å². The van der Waals surface area contributed by atoms with E-state index in [9.17, 15) is 0 Å². The van der Waals surface area contributed by atoms with Crippen LogP contribution in [0.15, 0.2) is 4.52 Å². The van der Waals surface area contributed by atoms with E-state index in [0.29, 0.717) is 5.92 Å². The van der Waals surface area contributed by atoms with Crippen molar-refractivity contribution < 1.29 is 4.52 Å². The molecule has 2 aromatic rings. The molecule has 6 heteroatoms. The van der Waals surface area contributed by atoms with E-state index in [-0.39, 0.29) is 0 Å². The summed E-state index contributed by atoms with van der Waals surface area (Å²) in [5, 5.41) is 8.20. The van der Waals surface area contributed by atoms with Crippen LogP contribution in [0.3, 0.4) is 0 Å². The Kier molecular flexibility index (Phi) is 4.31. The second-order valence-electron chi connectivity index (χ2n) is 5.21. The third-order valence-corrected chi connectivity index (χ3v) is 3.88. The maximum absolute atomic E-state index is 5.19. The van der Waals surface area contributed by atoms with Gasteiger partial charge >= 0.3 is 0 Å². The highest BCUT2D eigenvalue weighted by Gasteiger charge is 2.16. The molecular formula is C13H20N4OS. The molecule has 0 saturated carbocycles. The van der Waals surface area contributed by atoms with Gasteiger partial charge < -0.3 is 4.52 Å². The first kappa shape index (κ1) is 14.1. The van der Waals surface area contributed by atoms with Gasteiger partial charge in [0.2, 0.25) is 0 Å². The second kappa shape index (κ2) is 5.79. The topological polar surface area (TPSA) is 55.1 Å². The molecule has 0 radical (unpaired) electrons. The molecule has 0 bridgehead atoms. The molecule has 0 amide bonds. The summed E-state index contributed by atoms with van der Waals surface area (Å²) < 4.78 is 9.26. The lowest BCUT2D eigenvalue weighted by Gasteiger charge is -2.16. The molecule has 2 rings (SSSR count). The minimum atomic E-state index is 0.418. The van der Waals surface area contributed by atoms with E-state index in [4.69, 9.17) is 4.52 Å². The molecule has 19 heavy (non-hydrogen) atoms. The fraction of sp³-hybridized carbons (Fsp3) is 0.615. The lowest BCUT2D eigenvalue weighted by atomic mass is 10.1. The molecule has 0 N–H and O–H groups in total. The van der Waals surface area contributed by atoms with Crippen LogP contribution < -0.4 is 0 Å². The molecular weight excluding hydrogens is 260 g/mol. The van der Waals surface area contributed by atoms with Crippen LogP contribution in [-0.2, 0) is 13.1 Å². The Balaban J connectivity index is 2.05. The maximum atomic E-state index is 5.19. The summed E-state index contributed by atoms with van der Waals surface area (Å²) in [6.07, 6.45) is 0. The minimum Gasteiger partial charge on any atom is -0.361 e. The van der Waals surface area contributed by atoms with Crippen LogP contribution in [-0.4, -0.2) is 26.7 Å². The third kappa shape index (κ3) is 3.19. The Morgan fingerprint density at radius 3 is 2.58 bits per heavy atom. The molecule has 0 unspecified atom stereocenters. The van der Waals surface area contributed by atoms with Gasteiger partial charge in [-0.25, -0.2) is 0 Å². The van der Waals surface area contributed by atoms with Crippen LogP contribution in [0.5, 0.6) is 0 Å². The van der Waals surface area contributed by atoms with Gasteiger partial charge in [0, 0.05) is 18.7 Å². The lowest BCUT2D eigenvalue weighted by Crippen LogP contribution is -2.18. The third-order valence-electron chi connectivity index (χ3n) is 3.15. The first-order valence-corrected chi connectivity index (χ1v) is 7.17. The predicted molar refractivity (Wildman–Crippen MR) is 75.1 cm³/mol. The van der Waals surface area contributed by atoms with E-state index in [1.165, 1.54) is 22.0 Å². The average Bonchev–Trinajstić information content (AvgIpc) is 2.91. The van der Waals surface area contributed by atoms with Gasteiger partial charge in [0.05, 0.1) is 16.3 Å². The van der Waals surface area contributed by atoms with Crippen molar-refractivity contribution in [1.29, 1.82) is 0 Å². The zero-order chi connectivity index (χ0) is 14.0. The zero-order valence-corrected chi connectivity index (χ0v) is 12.9. The van der Waals surface area contributed by atoms with Crippen molar-refractivity contribution in [3.8, 4) is 0 Å². The van der Waals surface area contributed by atoms with E-state index in [1.807, 2.05) is 13.8 Å². The number of hydrogen-bond acceptors (Lipinski definition) is 6. The van der Waals surface area contributed by atoms with Gasteiger partial charge in [0.25, 0.3) is 0 Å². The molecule has 2 heterocycles. The summed E-state index contributed by atoms with van der Waals surface area (Å²) in [5.74, 6) is 1.32. The largest absolute Gasteiger partial charge is 0.361 e. The van der Waals surface area contributed by atoms with Gasteiger partial charge in [0.15, 0.2) is 0 Å². The standard InChI is InChI=1S/C13H20N4OS/c1-8(2)13-12(19-16-14-13)7-17(5)6-11-9(3)15-18-10(11)4/h8H,6-7H2,1-5H3. The van der Waals surface area contributed by atoms with Crippen molar-refractivity contribution in [3.05, 3.63) is 27.6 Å². The molecule has 5 nitrogen and oxygen atoms in total. The summed E-state index contributed by atoms with van der Waals surface area (Å²) in [5.41, 5.74) is 3.25. The van der Waals surface area contributed by atoms with Crippen molar-refractivity contribution >= 4 is 11.5 Å². The zero-order valence-electron chi connectivity index (χ0n) is 12.1. The first-order valence-electron chi connectivity index (χ1n) is 6.40. The first-order chi connectivity index (χ1) is 8.99. The van der Waals surface area contributed by atoms with Gasteiger partial charge in [-0.3, -0.25) is 4.90 Å². The molecule has 0 atom stereocenters. The lowest BCUT2D eigenvalue weighted by molar-refractivity contribution is 0.316. The van der Waals surface area contributed by atoms with Crippen LogP contribution in [0, 0.1) is 13.8 Å². The summed E-state index contributed by atoms with van der Waals surface area (Å²) >= 11 is 1.49. The fourth-order valence-electron chi connectivity index (χ4n) is 2.06. The number of nitrogens with zero attached hydrogens (tertiary/aromatic N) is 4. The summed E-state index contributed by atoms with van der Waals surface area (Å²) in [4.78, 5) is 3.48. The van der Waals surface area contributed by atoms with Gasteiger partial charge in [-0.2, -0.15) is 0 Å². The molecule has 0 aromatic carbocycles. The van der Waals surface area contributed by atoms with Crippen molar-refractivity contribution in [1.82, 2.24) is 19.6 Å². The number of aryl methyl sites for hydroxylation is 2. The van der Waals surface area contributed by atoms with Crippen LogP contribution in [0.4, 0.5) is 0 Å². The summed E-state index contributed by atoms with van der Waals surface area (Å²) in [7, 11) is 2.09. The average molecular weight is 280 g/mol. The van der Waals surface area contributed by atoms with Crippen LogP contribution >= 0.6 is 11.5 Å². The van der Waals surface area contributed by atoms with E-state index in [0.717, 1.165) is 30.2 Å². The van der Waals surface area contributed by atoms with Crippen molar-refractivity contribution in [2.24, 2.45) is 0 Å². The fourth-order valence-corrected chi connectivity index (χ4v) is 2.94. The molecule has 0 aliphatic carbocycles. The molecule has 0 spiro atoms. The molecule has 2 aromatic heterocycles. The van der Waals surface area contributed by atoms with E-state index in [2.05, 4.69) is 40.5 Å². The molecule has 0 saturated heterocycles. The summed E-state index contributed by atoms with van der Waals surface area (Å²) in [6, 6.07) is 0. The van der Waals surface area contributed by atoms with Crippen molar-refractivity contribution in [2.45, 2.75) is 46.7 Å². The van der Waals surface area contributed by atoms with Crippen LogP contribution in [0.25, 0.3) is 0 Å². The smallest absolute Gasteiger partial charge is 0.138 e. The van der Waals surface area contributed by atoms with Gasteiger partial charge in [0.1, 0.15) is 5.76 Å². The molecule has 0 aliphatic rings. The Morgan fingerprint density at radius 1 is 1.26 bits per heavy atom. The van der Waals surface area contributed by atoms with Gasteiger partial charge in [-0.15, -0.1) is 5.10 Å². The van der Waals surface area contributed by atoms with E-state index in [1.54, 1.807) is 0 Å². The highest BCUT2D eigenvalue weighted by Crippen LogP contribution is 2.22. The van der Waals surface area contributed by atoms with Gasteiger partial charge in [-0.1, -0.05) is 23.5 Å². The number of aromatic nitrogens is 3. The Morgan fingerprint density at radius 2 is 2.00 bits per heavy atom. The molecule has 0 aliphatic heterocycles. The number of hydrogen-bond donors (Lipinski definition) is 0.